The SMILES string of the molecule is O=C(COC(=O)c1c(F)cccc1F)Nc1ccc(S(=O)(=O)N2CCOCC2)cc1. The first kappa shape index (κ1) is 21.8. The summed E-state index contributed by atoms with van der Waals surface area (Å²) >= 11 is 0. The van der Waals surface area contributed by atoms with Gasteiger partial charge < -0.3 is 14.8 Å². The fourth-order valence-electron chi connectivity index (χ4n) is 2.74. The van der Waals surface area contributed by atoms with Gasteiger partial charge in [-0.3, -0.25) is 4.79 Å². The number of ether oxygens (including phenoxy) is 2. The maximum absolute atomic E-state index is 13.5. The zero-order valence-corrected chi connectivity index (χ0v) is 16.5. The van der Waals surface area contributed by atoms with E-state index in [-0.39, 0.29) is 23.7 Å². The first-order valence-corrected chi connectivity index (χ1v) is 10.3. The van der Waals surface area contributed by atoms with Crippen molar-refractivity contribution in [2.75, 3.05) is 38.2 Å². The van der Waals surface area contributed by atoms with E-state index in [0.717, 1.165) is 18.2 Å². The number of esters is 1. The molecule has 1 aliphatic rings. The molecule has 0 radical (unpaired) electrons. The Labute approximate surface area is 171 Å². The third-order valence-corrected chi connectivity index (χ3v) is 6.16. The highest BCUT2D eigenvalue weighted by atomic mass is 32.2. The van der Waals surface area contributed by atoms with Crippen LogP contribution in [0, 0.1) is 11.6 Å². The van der Waals surface area contributed by atoms with Crippen molar-refractivity contribution in [1.82, 2.24) is 4.31 Å². The summed E-state index contributed by atoms with van der Waals surface area (Å²) in [5, 5.41) is 2.40. The molecule has 1 heterocycles. The number of hydrogen-bond acceptors (Lipinski definition) is 6. The van der Waals surface area contributed by atoms with Crippen molar-refractivity contribution in [1.29, 1.82) is 0 Å². The second-order valence-electron chi connectivity index (χ2n) is 6.26. The number of carbonyl (C=O) groups is 2. The number of nitrogens with zero attached hydrogens (tertiary/aromatic N) is 1. The Morgan fingerprint density at radius 3 is 2.23 bits per heavy atom. The van der Waals surface area contributed by atoms with E-state index in [1.807, 2.05) is 0 Å². The van der Waals surface area contributed by atoms with Crippen molar-refractivity contribution in [2.24, 2.45) is 0 Å². The molecule has 0 aliphatic carbocycles. The highest BCUT2D eigenvalue weighted by Crippen LogP contribution is 2.19. The van der Waals surface area contributed by atoms with E-state index in [9.17, 15) is 26.8 Å². The van der Waals surface area contributed by atoms with Gasteiger partial charge in [-0.15, -0.1) is 0 Å². The molecule has 3 rings (SSSR count). The Morgan fingerprint density at radius 1 is 1.03 bits per heavy atom. The molecule has 0 atom stereocenters. The van der Waals surface area contributed by atoms with Crippen molar-refractivity contribution < 1.29 is 36.3 Å². The molecule has 1 fully saturated rings. The average molecular weight is 440 g/mol. The molecule has 1 saturated heterocycles. The van der Waals surface area contributed by atoms with Gasteiger partial charge in [0.25, 0.3) is 5.91 Å². The van der Waals surface area contributed by atoms with E-state index in [0.29, 0.717) is 13.2 Å². The molecule has 1 aliphatic heterocycles. The lowest BCUT2D eigenvalue weighted by Gasteiger charge is -2.26. The van der Waals surface area contributed by atoms with Gasteiger partial charge in [0.15, 0.2) is 6.61 Å². The number of anilines is 1. The molecular weight excluding hydrogens is 422 g/mol. The van der Waals surface area contributed by atoms with E-state index in [2.05, 4.69) is 10.1 Å². The van der Waals surface area contributed by atoms with Gasteiger partial charge >= 0.3 is 5.97 Å². The molecular formula is C19H18F2N2O6S. The number of carbonyl (C=O) groups excluding carboxylic acids is 2. The number of halogens is 2. The molecule has 8 nitrogen and oxygen atoms in total. The summed E-state index contributed by atoms with van der Waals surface area (Å²) in [4.78, 5) is 23.8. The summed E-state index contributed by atoms with van der Waals surface area (Å²) in [5.74, 6) is -4.27. The first-order valence-electron chi connectivity index (χ1n) is 8.88. The quantitative estimate of drug-likeness (QED) is 0.687. The predicted molar refractivity (Wildman–Crippen MR) is 101 cm³/mol. The number of amides is 1. The maximum Gasteiger partial charge on any atom is 0.344 e. The molecule has 0 bridgehead atoms. The second kappa shape index (κ2) is 9.28. The molecule has 30 heavy (non-hydrogen) atoms. The van der Waals surface area contributed by atoms with Crippen LogP contribution in [0.3, 0.4) is 0 Å². The zero-order valence-electron chi connectivity index (χ0n) is 15.6. The Hall–Kier alpha value is -2.89. The molecule has 0 spiro atoms. The van der Waals surface area contributed by atoms with Gasteiger partial charge in [-0.1, -0.05) is 6.07 Å². The molecule has 1 N–H and O–H groups in total. The van der Waals surface area contributed by atoms with Crippen molar-refractivity contribution in [3.05, 3.63) is 59.7 Å². The maximum atomic E-state index is 13.5. The minimum Gasteiger partial charge on any atom is -0.452 e. The molecule has 11 heteroatoms. The van der Waals surface area contributed by atoms with Crippen LogP contribution < -0.4 is 5.32 Å². The molecule has 2 aromatic rings. The van der Waals surface area contributed by atoms with Crippen molar-refractivity contribution in [3.63, 3.8) is 0 Å². The fraction of sp³-hybridized carbons (Fsp3) is 0.263. The summed E-state index contributed by atoms with van der Waals surface area (Å²) in [6.45, 7) is 0.385. The van der Waals surface area contributed by atoms with Crippen molar-refractivity contribution in [2.45, 2.75) is 4.90 Å². The number of benzene rings is 2. The van der Waals surface area contributed by atoms with Crippen LogP contribution in [0.15, 0.2) is 47.4 Å². The number of rotatable bonds is 6. The molecule has 0 saturated carbocycles. The number of sulfonamides is 1. The minimum atomic E-state index is -3.67. The van der Waals surface area contributed by atoms with Crippen LogP contribution in [-0.2, 0) is 24.3 Å². The lowest BCUT2D eigenvalue weighted by molar-refractivity contribution is -0.119. The Bertz CT molecular complexity index is 1020. The molecule has 0 aromatic heterocycles. The topological polar surface area (TPSA) is 102 Å². The van der Waals surface area contributed by atoms with E-state index in [1.54, 1.807) is 0 Å². The summed E-state index contributed by atoms with van der Waals surface area (Å²) < 4.78 is 63.3. The van der Waals surface area contributed by atoms with Crippen LogP contribution in [0.2, 0.25) is 0 Å². The van der Waals surface area contributed by atoms with E-state index < -0.39 is 45.7 Å². The number of hydrogen-bond donors (Lipinski definition) is 1. The van der Waals surface area contributed by atoms with Gasteiger partial charge in [0.05, 0.1) is 18.1 Å². The summed E-state index contributed by atoms with van der Waals surface area (Å²) in [5.41, 5.74) is -0.628. The Morgan fingerprint density at radius 2 is 1.63 bits per heavy atom. The van der Waals surface area contributed by atoms with Crippen LogP contribution in [0.4, 0.5) is 14.5 Å². The Kier molecular flexibility index (Phi) is 6.75. The normalized spacial score (nSPS) is 14.9. The minimum absolute atomic E-state index is 0.0591. The summed E-state index contributed by atoms with van der Waals surface area (Å²) in [6, 6.07) is 8.31. The van der Waals surface area contributed by atoms with Crippen molar-refractivity contribution in [3.8, 4) is 0 Å². The lowest BCUT2D eigenvalue weighted by Crippen LogP contribution is -2.40. The number of nitrogens with one attached hydrogen (secondary N) is 1. The second-order valence-corrected chi connectivity index (χ2v) is 8.20. The van der Waals surface area contributed by atoms with E-state index in [4.69, 9.17) is 4.74 Å². The molecule has 2 aromatic carbocycles. The van der Waals surface area contributed by atoms with Gasteiger partial charge in [0.2, 0.25) is 10.0 Å². The van der Waals surface area contributed by atoms with Crippen LogP contribution in [0.25, 0.3) is 0 Å². The highest BCUT2D eigenvalue weighted by Gasteiger charge is 2.26. The third-order valence-electron chi connectivity index (χ3n) is 4.25. The first-order chi connectivity index (χ1) is 14.3. The van der Waals surface area contributed by atoms with Crippen LogP contribution in [0.5, 0.6) is 0 Å². The van der Waals surface area contributed by atoms with Crippen molar-refractivity contribution >= 4 is 27.6 Å². The Balaban J connectivity index is 1.57. The number of morpholine rings is 1. The smallest absolute Gasteiger partial charge is 0.344 e. The molecule has 160 valence electrons. The fourth-order valence-corrected chi connectivity index (χ4v) is 4.15. The van der Waals surface area contributed by atoms with E-state index in [1.165, 1.54) is 28.6 Å². The standard InChI is InChI=1S/C19H18F2N2O6S/c20-15-2-1-3-16(21)18(15)19(25)29-12-17(24)22-13-4-6-14(7-5-13)30(26,27)23-8-10-28-11-9-23/h1-7H,8-12H2,(H,22,24). The molecule has 0 unspecified atom stereocenters. The largest absolute Gasteiger partial charge is 0.452 e. The average Bonchev–Trinajstić information content (AvgIpc) is 2.73. The van der Waals surface area contributed by atoms with Gasteiger partial charge in [0, 0.05) is 18.8 Å². The predicted octanol–water partition coefficient (Wildman–Crippen LogP) is 1.78. The lowest BCUT2D eigenvalue weighted by atomic mass is 10.2. The highest BCUT2D eigenvalue weighted by molar-refractivity contribution is 7.89. The van der Waals surface area contributed by atoms with Gasteiger partial charge in [0.1, 0.15) is 17.2 Å². The van der Waals surface area contributed by atoms with Crippen LogP contribution >= 0.6 is 0 Å². The van der Waals surface area contributed by atoms with Gasteiger partial charge in [-0.25, -0.2) is 22.0 Å². The van der Waals surface area contributed by atoms with Crippen LogP contribution in [0.1, 0.15) is 10.4 Å². The molecule has 1 amide bonds. The third kappa shape index (κ3) is 4.99. The summed E-state index contributed by atoms with van der Waals surface area (Å²) in [7, 11) is -3.67. The van der Waals surface area contributed by atoms with E-state index >= 15 is 0 Å². The van der Waals surface area contributed by atoms with Gasteiger partial charge in [-0.2, -0.15) is 4.31 Å². The monoisotopic (exact) mass is 440 g/mol. The van der Waals surface area contributed by atoms with Crippen LogP contribution in [-0.4, -0.2) is 57.5 Å². The van der Waals surface area contributed by atoms with Gasteiger partial charge in [-0.05, 0) is 36.4 Å². The summed E-state index contributed by atoms with van der Waals surface area (Å²) in [6.07, 6.45) is 0. The zero-order chi connectivity index (χ0) is 21.7.